The molecular formula is C11H19FN2O2. The summed E-state index contributed by atoms with van der Waals surface area (Å²) in [4.78, 5) is 16.0. The molecule has 92 valence electrons. The minimum Gasteiger partial charge on any atom is -0.381 e. The number of carbonyl (C=O) groups excluding carboxylic acids is 1. The van der Waals surface area contributed by atoms with Gasteiger partial charge in [-0.15, -0.1) is 0 Å². The van der Waals surface area contributed by atoms with Crippen LogP contribution < -0.4 is 0 Å². The minimum atomic E-state index is -0.301. The normalized spacial score (nSPS) is 27.3. The molecule has 0 spiro atoms. The molecule has 2 saturated heterocycles. The highest BCUT2D eigenvalue weighted by Crippen LogP contribution is 2.16. The van der Waals surface area contributed by atoms with Gasteiger partial charge in [0.25, 0.3) is 0 Å². The zero-order valence-electron chi connectivity index (χ0n) is 9.53. The topological polar surface area (TPSA) is 32.8 Å². The number of carbonyl (C=O) groups is 1. The van der Waals surface area contributed by atoms with Gasteiger partial charge in [-0.25, -0.2) is 4.39 Å². The van der Waals surface area contributed by atoms with Gasteiger partial charge in [0.2, 0.25) is 5.91 Å². The fourth-order valence-electron chi connectivity index (χ4n) is 2.30. The predicted molar refractivity (Wildman–Crippen MR) is 57.9 cm³/mol. The molecule has 0 N–H and O–H groups in total. The van der Waals surface area contributed by atoms with Gasteiger partial charge in [-0.05, 0) is 6.42 Å². The highest BCUT2D eigenvalue weighted by molar-refractivity contribution is 5.79. The van der Waals surface area contributed by atoms with Crippen LogP contribution in [-0.2, 0) is 9.53 Å². The Bertz CT molecular complexity index is 236. The molecule has 0 aliphatic carbocycles. The number of ether oxygens (including phenoxy) is 1. The van der Waals surface area contributed by atoms with E-state index in [1.165, 1.54) is 0 Å². The van der Waals surface area contributed by atoms with Crippen LogP contribution in [0, 0.1) is 5.92 Å². The number of alkyl halides is 1. The van der Waals surface area contributed by atoms with Crippen molar-refractivity contribution in [2.24, 2.45) is 5.92 Å². The van der Waals surface area contributed by atoms with Gasteiger partial charge in [0.05, 0.1) is 12.5 Å². The number of rotatable bonds is 3. The van der Waals surface area contributed by atoms with Gasteiger partial charge >= 0.3 is 0 Å². The number of hydrogen-bond acceptors (Lipinski definition) is 3. The first-order chi connectivity index (χ1) is 7.81. The Balaban J connectivity index is 1.77. The standard InChI is InChI=1S/C11H19FN2O2/c12-2-3-13-4-6-14(7-5-13)11(15)10-1-8-16-9-10/h10H,1-9H2/t10-/m0/s1. The van der Waals surface area contributed by atoms with Crippen molar-refractivity contribution in [2.75, 3.05) is 52.6 Å². The lowest BCUT2D eigenvalue weighted by molar-refractivity contribution is -0.137. The van der Waals surface area contributed by atoms with Crippen molar-refractivity contribution in [1.82, 2.24) is 9.80 Å². The Morgan fingerprint density at radius 3 is 2.62 bits per heavy atom. The van der Waals surface area contributed by atoms with Gasteiger partial charge in [-0.2, -0.15) is 0 Å². The van der Waals surface area contributed by atoms with Crippen LogP contribution in [0.25, 0.3) is 0 Å². The van der Waals surface area contributed by atoms with Crippen LogP contribution >= 0.6 is 0 Å². The Morgan fingerprint density at radius 2 is 2.06 bits per heavy atom. The second kappa shape index (κ2) is 5.59. The van der Waals surface area contributed by atoms with E-state index >= 15 is 0 Å². The van der Waals surface area contributed by atoms with E-state index in [4.69, 9.17) is 4.74 Å². The molecule has 16 heavy (non-hydrogen) atoms. The van der Waals surface area contributed by atoms with Crippen LogP contribution in [0.3, 0.4) is 0 Å². The van der Waals surface area contributed by atoms with E-state index in [9.17, 15) is 9.18 Å². The van der Waals surface area contributed by atoms with Gasteiger partial charge in [0, 0.05) is 39.3 Å². The van der Waals surface area contributed by atoms with Gasteiger partial charge in [-0.1, -0.05) is 0 Å². The van der Waals surface area contributed by atoms with E-state index in [0.717, 1.165) is 32.6 Å². The maximum Gasteiger partial charge on any atom is 0.228 e. The van der Waals surface area contributed by atoms with Crippen molar-refractivity contribution in [1.29, 1.82) is 0 Å². The fraction of sp³-hybridized carbons (Fsp3) is 0.909. The van der Waals surface area contributed by atoms with E-state index in [1.807, 2.05) is 4.90 Å². The number of piperazine rings is 1. The highest BCUT2D eigenvalue weighted by atomic mass is 19.1. The van der Waals surface area contributed by atoms with E-state index < -0.39 is 0 Å². The van der Waals surface area contributed by atoms with Crippen LogP contribution in [0.15, 0.2) is 0 Å². The molecule has 0 unspecified atom stereocenters. The first-order valence-corrected chi connectivity index (χ1v) is 5.96. The second-order valence-corrected chi connectivity index (χ2v) is 4.42. The molecule has 2 aliphatic rings. The molecule has 0 aromatic heterocycles. The van der Waals surface area contributed by atoms with Crippen molar-refractivity contribution < 1.29 is 13.9 Å². The third-order valence-electron chi connectivity index (χ3n) is 3.36. The lowest BCUT2D eigenvalue weighted by Gasteiger charge is -2.35. The summed E-state index contributed by atoms with van der Waals surface area (Å²) in [5.74, 6) is 0.283. The fourth-order valence-corrected chi connectivity index (χ4v) is 2.30. The Kier molecular flexibility index (Phi) is 4.12. The minimum absolute atomic E-state index is 0.0627. The molecular weight excluding hydrogens is 211 g/mol. The summed E-state index contributed by atoms with van der Waals surface area (Å²) in [6.45, 7) is 4.53. The summed E-state index contributed by atoms with van der Waals surface area (Å²) in [5, 5.41) is 0. The number of halogens is 1. The quantitative estimate of drug-likeness (QED) is 0.691. The van der Waals surface area contributed by atoms with Crippen LogP contribution in [-0.4, -0.2) is 68.3 Å². The average Bonchev–Trinajstić information content (AvgIpc) is 2.83. The third kappa shape index (κ3) is 2.71. The first-order valence-electron chi connectivity index (χ1n) is 5.96. The van der Waals surface area contributed by atoms with Crippen molar-refractivity contribution in [3.05, 3.63) is 0 Å². The molecule has 2 heterocycles. The number of nitrogens with zero attached hydrogens (tertiary/aromatic N) is 2. The van der Waals surface area contributed by atoms with Crippen molar-refractivity contribution in [3.8, 4) is 0 Å². The smallest absolute Gasteiger partial charge is 0.228 e. The van der Waals surface area contributed by atoms with Crippen molar-refractivity contribution >= 4 is 5.91 Å². The van der Waals surface area contributed by atoms with Crippen molar-refractivity contribution in [3.63, 3.8) is 0 Å². The van der Waals surface area contributed by atoms with Crippen LogP contribution in [0.1, 0.15) is 6.42 Å². The van der Waals surface area contributed by atoms with Gasteiger partial charge in [0.15, 0.2) is 0 Å². The van der Waals surface area contributed by atoms with Gasteiger partial charge in [0.1, 0.15) is 6.67 Å². The summed E-state index contributed by atoms with van der Waals surface area (Å²) in [7, 11) is 0. The van der Waals surface area contributed by atoms with E-state index in [-0.39, 0.29) is 18.5 Å². The third-order valence-corrected chi connectivity index (χ3v) is 3.36. The van der Waals surface area contributed by atoms with Crippen LogP contribution in [0.5, 0.6) is 0 Å². The average molecular weight is 230 g/mol. The zero-order valence-corrected chi connectivity index (χ0v) is 9.53. The van der Waals surface area contributed by atoms with E-state index in [0.29, 0.717) is 19.8 Å². The molecule has 0 bridgehead atoms. The Morgan fingerprint density at radius 1 is 1.31 bits per heavy atom. The van der Waals surface area contributed by atoms with E-state index in [1.54, 1.807) is 0 Å². The summed E-state index contributed by atoms with van der Waals surface area (Å²) in [6.07, 6.45) is 0.851. The maximum atomic E-state index is 12.1. The zero-order chi connectivity index (χ0) is 11.4. The molecule has 1 atom stereocenters. The predicted octanol–water partition coefficient (Wildman–Crippen LogP) is 0.137. The molecule has 5 heteroatoms. The maximum absolute atomic E-state index is 12.1. The summed E-state index contributed by atoms with van der Waals surface area (Å²) in [5.41, 5.74) is 0. The Hall–Kier alpha value is -0.680. The van der Waals surface area contributed by atoms with Crippen LogP contribution in [0.2, 0.25) is 0 Å². The molecule has 2 rings (SSSR count). The number of hydrogen-bond donors (Lipinski definition) is 0. The molecule has 0 aromatic rings. The van der Waals surface area contributed by atoms with Gasteiger partial charge < -0.3 is 9.64 Å². The molecule has 1 amide bonds. The molecule has 2 aliphatic heterocycles. The summed E-state index contributed by atoms with van der Waals surface area (Å²) >= 11 is 0. The summed E-state index contributed by atoms with van der Waals surface area (Å²) in [6, 6.07) is 0. The first kappa shape index (κ1) is 11.8. The Labute approximate surface area is 95.3 Å². The molecule has 0 aromatic carbocycles. The largest absolute Gasteiger partial charge is 0.381 e. The SMILES string of the molecule is O=C([C@H]1CCOC1)N1CCN(CCF)CC1. The molecule has 0 saturated carbocycles. The lowest BCUT2D eigenvalue weighted by Crippen LogP contribution is -2.50. The van der Waals surface area contributed by atoms with Crippen molar-refractivity contribution in [2.45, 2.75) is 6.42 Å². The van der Waals surface area contributed by atoms with E-state index in [2.05, 4.69) is 4.90 Å². The second-order valence-electron chi connectivity index (χ2n) is 4.42. The molecule has 0 radical (unpaired) electrons. The molecule has 2 fully saturated rings. The molecule has 4 nitrogen and oxygen atoms in total. The van der Waals surface area contributed by atoms with Gasteiger partial charge in [-0.3, -0.25) is 9.69 Å². The highest BCUT2D eigenvalue weighted by Gasteiger charge is 2.29. The monoisotopic (exact) mass is 230 g/mol. The number of amides is 1. The lowest BCUT2D eigenvalue weighted by atomic mass is 10.1. The van der Waals surface area contributed by atoms with Crippen LogP contribution in [0.4, 0.5) is 4.39 Å². The summed E-state index contributed by atoms with van der Waals surface area (Å²) < 4.78 is 17.4.